The Bertz CT molecular complexity index is 638. The number of amides is 2. The fraction of sp³-hybridized carbons (Fsp3) is 0.0667. The van der Waals surface area contributed by atoms with Gasteiger partial charge in [0.15, 0.2) is 0 Å². The minimum atomic E-state index is -0.378. The SMILES string of the molecule is N=C(N)c1ccc(CNC(=O)Nc2ccc(F)cc2)cc1. The molecule has 0 saturated heterocycles. The molecule has 0 bridgehead atoms. The average Bonchev–Trinajstić information content (AvgIpc) is 2.48. The van der Waals surface area contributed by atoms with Crippen molar-refractivity contribution in [2.24, 2.45) is 5.73 Å². The lowest BCUT2D eigenvalue weighted by molar-refractivity contribution is 0.251. The second-order valence-electron chi connectivity index (χ2n) is 4.43. The molecule has 2 rings (SSSR count). The summed E-state index contributed by atoms with van der Waals surface area (Å²) in [6.07, 6.45) is 0. The molecular weight excluding hydrogens is 271 g/mol. The van der Waals surface area contributed by atoms with Crippen molar-refractivity contribution < 1.29 is 9.18 Å². The van der Waals surface area contributed by atoms with Gasteiger partial charge in [0.25, 0.3) is 0 Å². The van der Waals surface area contributed by atoms with Crippen LogP contribution in [0.3, 0.4) is 0 Å². The van der Waals surface area contributed by atoms with E-state index < -0.39 is 0 Å². The van der Waals surface area contributed by atoms with Crippen LogP contribution in [0.4, 0.5) is 14.9 Å². The normalized spacial score (nSPS) is 9.95. The van der Waals surface area contributed by atoms with Crippen LogP contribution in [0, 0.1) is 11.2 Å². The summed E-state index contributed by atoms with van der Waals surface area (Å²) in [6, 6.07) is 12.1. The molecule has 2 amide bonds. The number of nitrogens with two attached hydrogens (primary N) is 1. The first kappa shape index (κ1) is 14.5. The van der Waals surface area contributed by atoms with Crippen molar-refractivity contribution in [1.82, 2.24) is 5.32 Å². The van der Waals surface area contributed by atoms with Gasteiger partial charge in [-0.25, -0.2) is 9.18 Å². The molecule has 0 aliphatic heterocycles. The van der Waals surface area contributed by atoms with Crippen LogP contribution in [-0.4, -0.2) is 11.9 Å². The Hall–Kier alpha value is -2.89. The zero-order chi connectivity index (χ0) is 15.2. The fourth-order valence-corrected chi connectivity index (χ4v) is 1.69. The van der Waals surface area contributed by atoms with Gasteiger partial charge in [-0.3, -0.25) is 5.41 Å². The first-order valence-corrected chi connectivity index (χ1v) is 6.28. The van der Waals surface area contributed by atoms with E-state index >= 15 is 0 Å². The first-order valence-electron chi connectivity index (χ1n) is 6.28. The maximum absolute atomic E-state index is 12.7. The number of benzene rings is 2. The Morgan fingerprint density at radius 2 is 1.71 bits per heavy atom. The Balaban J connectivity index is 1.86. The van der Waals surface area contributed by atoms with Crippen LogP contribution in [0.2, 0.25) is 0 Å². The fourth-order valence-electron chi connectivity index (χ4n) is 1.69. The van der Waals surface area contributed by atoms with E-state index in [4.69, 9.17) is 11.1 Å². The molecule has 0 unspecified atom stereocenters. The molecule has 0 aliphatic carbocycles. The van der Waals surface area contributed by atoms with Crippen molar-refractivity contribution in [1.29, 1.82) is 5.41 Å². The van der Waals surface area contributed by atoms with Gasteiger partial charge >= 0.3 is 6.03 Å². The van der Waals surface area contributed by atoms with E-state index in [9.17, 15) is 9.18 Å². The highest BCUT2D eigenvalue weighted by atomic mass is 19.1. The molecule has 0 aliphatic rings. The van der Waals surface area contributed by atoms with Crippen LogP contribution < -0.4 is 16.4 Å². The van der Waals surface area contributed by atoms with E-state index in [0.717, 1.165) is 5.56 Å². The third-order valence-electron chi connectivity index (χ3n) is 2.82. The lowest BCUT2D eigenvalue weighted by Crippen LogP contribution is -2.28. The van der Waals surface area contributed by atoms with Gasteiger partial charge in [0.1, 0.15) is 11.7 Å². The van der Waals surface area contributed by atoms with Crippen molar-refractivity contribution >= 4 is 17.6 Å². The number of hydrogen-bond acceptors (Lipinski definition) is 2. The average molecular weight is 286 g/mol. The maximum atomic E-state index is 12.7. The lowest BCUT2D eigenvalue weighted by Gasteiger charge is -2.08. The molecule has 2 aromatic rings. The highest BCUT2D eigenvalue weighted by Crippen LogP contribution is 2.08. The van der Waals surface area contributed by atoms with E-state index in [1.54, 1.807) is 24.3 Å². The van der Waals surface area contributed by atoms with Crippen molar-refractivity contribution in [2.45, 2.75) is 6.54 Å². The molecule has 2 aromatic carbocycles. The van der Waals surface area contributed by atoms with E-state index in [0.29, 0.717) is 17.8 Å². The van der Waals surface area contributed by atoms with Gasteiger partial charge in [0, 0.05) is 17.8 Å². The van der Waals surface area contributed by atoms with E-state index in [2.05, 4.69) is 10.6 Å². The number of amidine groups is 1. The van der Waals surface area contributed by atoms with Crippen LogP contribution in [0.25, 0.3) is 0 Å². The monoisotopic (exact) mass is 286 g/mol. The number of hydrogen-bond donors (Lipinski definition) is 4. The molecule has 0 fully saturated rings. The molecule has 5 N–H and O–H groups in total. The Morgan fingerprint density at radius 1 is 1.10 bits per heavy atom. The van der Waals surface area contributed by atoms with Gasteiger partial charge < -0.3 is 16.4 Å². The number of carbonyl (C=O) groups excluding carboxylic acids is 1. The van der Waals surface area contributed by atoms with Gasteiger partial charge in [-0.05, 0) is 29.8 Å². The zero-order valence-electron chi connectivity index (χ0n) is 11.2. The molecule has 0 atom stereocenters. The predicted octanol–water partition coefficient (Wildman–Crippen LogP) is 2.43. The minimum absolute atomic E-state index is 0.00330. The van der Waals surface area contributed by atoms with Crippen LogP contribution in [0.15, 0.2) is 48.5 Å². The highest BCUT2D eigenvalue weighted by Gasteiger charge is 2.02. The molecule has 0 saturated carbocycles. The van der Waals surface area contributed by atoms with Crippen LogP contribution in [0.1, 0.15) is 11.1 Å². The summed E-state index contributed by atoms with van der Waals surface area (Å²) >= 11 is 0. The highest BCUT2D eigenvalue weighted by molar-refractivity contribution is 5.94. The molecule has 0 aromatic heterocycles. The summed E-state index contributed by atoms with van der Waals surface area (Å²) in [7, 11) is 0. The van der Waals surface area contributed by atoms with Crippen molar-refractivity contribution in [3.8, 4) is 0 Å². The van der Waals surface area contributed by atoms with E-state index in [1.165, 1.54) is 24.3 Å². The lowest BCUT2D eigenvalue weighted by atomic mass is 10.1. The number of rotatable bonds is 4. The molecular formula is C15H15FN4O. The summed E-state index contributed by atoms with van der Waals surface area (Å²) in [5, 5.41) is 12.6. The molecule has 0 heterocycles. The number of nitrogen functional groups attached to an aromatic ring is 1. The van der Waals surface area contributed by atoms with Crippen LogP contribution in [0.5, 0.6) is 0 Å². The van der Waals surface area contributed by atoms with Crippen molar-refractivity contribution in [3.63, 3.8) is 0 Å². The Morgan fingerprint density at radius 3 is 2.29 bits per heavy atom. The molecule has 0 radical (unpaired) electrons. The number of urea groups is 1. The molecule has 108 valence electrons. The van der Waals surface area contributed by atoms with E-state index in [1.807, 2.05) is 0 Å². The standard InChI is InChI=1S/C15H15FN4O/c16-12-5-7-13(8-6-12)20-15(21)19-9-10-1-3-11(4-2-10)14(17)18/h1-8H,9H2,(H3,17,18)(H2,19,20,21). The van der Waals surface area contributed by atoms with Gasteiger partial charge in [0.2, 0.25) is 0 Å². The van der Waals surface area contributed by atoms with Crippen molar-refractivity contribution in [2.75, 3.05) is 5.32 Å². The third kappa shape index (κ3) is 4.31. The number of anilines is 1. The second kappa shape index (κ2) is 6.51. The van der Waals surface area contributed by atoms with Gasteiger partial charge in [-0.15, -0.1) is 0 Å². The van der Waals surface area contributed by atoms with Crippen molar-refractivity contribution in [3.05, 3.63) is 65.5 Å². The Labute approximate surface area is 121 Å². The smallest absolute Gasteiger partial charge is 0.319 e. The van der Waals surface area contributed by atoms with Gasteiger partial charge in [0.05, 0.1) is 0 Å². The van der Waals surface area contributed by atoms with Gasteiger partial charge in [-0.1, -0.05) is 24.3 Å². The number of halogens is 1. The third-order valence-corrected chi connectivity index (χ3v) is 2.82. The van der Waals surface area contributed by atoms with E-state index in [-0.39, 0.29) is 17.7 Å². The molecule has 5 nitrogen and oxygen atoms in total. The quantitative estimate of drug-likeness (QED) is 0.513. The van der Waals surface area contributed by atoms with Crippen LogP contribution in [-0.2, 0) is 6.54 Å². The Kier molecular flexibility index (Phi) is 4.50. The summed E-state index contributed by atoms with van der Waals surface area (Å²) in [4.78, 5) is 11.7. The molecule has 6 heteroatoms. The zero-order valence-corrected chi connectivity index (χ0v) is 11.2. The first-order chi connectivity index (χ1) is 10.0. The maximum Gasteiger partial charge on any atom is 0.319 e. The summed E-state index contributed by atoms with van der Waals surface area (Å²) in [6.45, 7) is 0.339. The summed E-state index contributed by atoms with van der Waals surface area (Å²) in [5.41, 5.74) is 7.39. The largest absolute Gasteiger partial charge is 0.384 e. The predicted molar refractivity (Wildman–Crippen MR) is 79.7 cm³/mol. The topological polar surface area (TPSA) is 91.0 Å². The minimum Gasteiger partial charge on any atom is -0.384 e. The molecule has 21 heavy (non-hydrogen) atoms. The number of nitrogens with one attached hydrogen (secondary N) is 3. The summed E-state index contributed by atoms with van der Waals surface area (Å²) < 4.78 is 12.7. The molecule has 0 spiro atoms. The number of carbonyl (C=O) groups is 1. The summed E-state index contributed by atoms with van der Waals surface area (Å²) in [5.74, 6) is -0.352. The van der Waals surface area contributed by atoms with Crippen LogP contribution >= 0.6 is 0 Å². The second-order valence-corrected chi connectivity index (χ2v) is 4.43. The van der Waals surface area contributed by atoms with Gasteiger partial charge in [-0.2, -0.15) is 0 Å².